The highest BCUT2D eigenvalue weighted by Crippen LogP contribution is 2.50. The Morgan fingerprint density at radius 2 is 2.11 bits per heavy atom. The van der Waals surface area contributed by atoms with Crippen LogP contribution < -0.4 is 4.90 Å². The summed E-state index contributed by atoms with van der Waals surface area (Å²) in [6, 6.07) is 0. The van der Waals surface area contributed by atoms with Crippen molar-refractivity contribution in [1.29, 1.82) is 0 Å². The molecule has 1 aromatic rings. The molecule has 3 heterocycles. The van der Waals surface area contributed by atoms with E-state index in [1.165, 1.54) is 4.90 Å². The van der Waals surface area contributed by atoms with Crippen LogP contribution in [0.4, 0.5) is 5.82 Å². The minimum Gasteiger partial charge on any atom is -0.378 e. The number of anilines is 1. The van der Waals surface area contributed by atoms with Crippen LogP contribution in [-0.2, 0) is 4.74 Å². The first-order valence-corrected chi connectivity index (χ1v) is 8.38. The van der Waals surface area contributed by atoms with Crippen molar-refractivity contribution in [2.24, 2.45) is 0 Å². The van der Waals surface area contributed by atoms with Gasteiger partial charge in [0.05, 0.1) is 27.1 Å². The zero-order chi connectivity index (χ0) is 12.7. The summed E-state index contributed by atoms with van der Waals surface area (Å²) in [5.41, 5.74) is 1.10. The average Bonchev–Trinajstić information content (AvgIpc) is 2.66. The SMILES string of the molecule is CC1c2nc(Cl)nc(N3CCOCC3)c2SC1I. The zero-order valence-corrected chi connectivity index (χ0v) is 13.6. The lowest BCUT2D eigenvalue weighted by atomic mass is 10.1. The Morgan fingerprint density at radius 3 is 2.83 bits per heavy atom. The molecule has 2 aliphatic heterocycles. The fourth-order valence-electron chi connectivity index (χ4n) is 2.18. The summed E-state index contributed by atoms with van der Waals surface area (Å²) in [7, 11) is 0. The predicted octanol–water partition coefficient (Wildman–Crippen LogP) is 2.94. The molecule has 0 aromatic carbocycles. The van der Waals surface area contributed by atoms with Crippen molar-refractivity contribution in [2.45, 2.75) is 21.0 Å². The fourth-order valence-corrected chi connectivity index (χ4v) is 4.64. The molecule has 0 N–H and O–H groups in total. The summed E-state index contributed by atoms with van der Waals surface area (Å²) in [6.45, 7) is 5.46. The highest BCUT2D eigenvalue weighted by Gasteiger charge is 2.34. The molecule has 7 heteroatoms. The van der Waals surface area contributed by atoms with Crippen LogP contribution >= 0.6 is 46.0 Å². The molecule has 1 saturated heterocycles. The van der Waals surface area contributed by atoms with Crippen LogP contribution in [0.1, 0.15) is 18.5 Å². The summed E-state index contributed by atoms with van der Waals surface area (Å²) in [4.78, 5) is 12.3. The van der Waals surface area contributed by atoms with Crippen molar-refractivity contribution in [3.63, 3.8) is 0 Å². The van der Waals surface area contributed by atoms with Gasteiger partial charge >= 0.3 is 0 Å². The van der Waals surface area contributed by atoms with Crippen LogP contribution in [0.5, 0.6) is 0 Å². The molecule has 2 aliphatic rings. The van der Waals surface area contributed by atoms with Gasteiger partial charge in [0.2, 0.25) is 5.28 Å². The predicted molar refractivity (Wildman–Crippen MR) is 82.2 cm³/mol. The number of hydrogen-bond donors (Lipinski definition) is 0. The smallest absolute Gasteiger partial charge is 0.224 e. The Hall–Kier alpha value is 0.210. The standard InChI is InChI=1S/C11H13ClIN3OS/c1-6-7-8(18-9(6)13)10(15-11(12)14-7)16-2-4-17-5-3-16/h6,9H,2-5H2,1H3. The van der Waals surface area contributed by atoms with Gasteiger partial charge in [-0.05, 0) is 11.6 Å². The largest absolute Gasteiger partial charge is 0.378 e. The van der Waals surface area contributed by atoms with Crippen molar-refractivity contribution in [2.75, 3.05) is 31.2 Å². The van der Waals surface area contributed by atoms with Crippen LogP contribution in [0, 0.1) is 0 Å². The number of alkyl halides is 1. The molecule has 0 radical (unpaired) electrons. The molecule has 0 saturated carbocycles. The molecule has 0 spiro atoms. The first kappa shape index (κ1) is 13.2. The maximum Gasteiger partial charge on any atom is 0.224 e. The van der Waals surface area contributed by atoms with E-state index in [9.17, 15) is 0 Å². The number of rotatable bonds is 1. The second kappa shape index (κ2) is 5.30. The summed E-state index contributed by atoms with van der Waals surface area (Å²) in [6.07, 6.45) is 0. The molecular formula is C11H13ClIN3OS. The highest BCUT2D eigenvalue weighted by molar-refractivity contribution is 14.1. The maximum absolute atomic E-state index is 6.07. The second-order valence-electron chi connectivity index (χ2n) is 4.39. The average molecular weight is 398 g/mol. The minimum atomic E-state index is 0.355. The van der Waals surface area contributed by atoms with Gasteiger partial charge in [-0.25, -0.2) is 4.98 Å². The summed E-state index contributed by atoms with van der Waals surface area (Å²) < 4.78 is 5.89. The second-order valence-corrected chi connectivity index (χ2v) is 8.06. The Labute approximate surface area is 129 Å². The van der Waals surface area contributed by atoms with Crippen LogP contribution in [-0.4, -0.2) is 39.5 Å². The van der Waals surface area contributed by atoms with Gasteiger partial charge in [0.1, 0.15) is 5.82 Å². The number of thioether (sulfide) groups is 1. The van der Waals surface area contributed by atoms with Gasteiger partial charge in [0, 0.05) is 19.0 Å². The quantitative estimate of drug-likeness (QED) is 0.414. The Bertz CT molecular complexity index is 470. The Balaban J connectivity index is 2.02. The van der Waals surface area contributed by atoms with Crippen LogP contribution in [0.25, 0.3) is 0 Å². The Morgan fingerprint density at radius 1 is 1.39 bits per heavy atom. The topological polar surface area (TPSA) is 38.2 Å². The van der Waals surface area contributed by atoms with Gasteiger partial charge < -0.3 is 9.64 Å². The van der Waals surface area contributed by atoms with E-state index in [4.69, 9.17) is 16.3 Å². The van der Waals surface area contributed by atoms with E-state index in [0.717, 1.165) is 37.8 Å². The Kier molecular flexibility index (Phi) is 3.89. The number of aromatic nitrogens is 2. The van der Waals surface area contributed by atoms with Crippen LogP contribution in [0.2, 0.25) is 5.28 Å². The molecule has 1 aromatic heterocycles. The van der Waals surface area contributed by atoms with E-state index in [2.05, 4.69) is 44.4 Å². The molecule has 18 heavy (non-hydrogen) atoms. The first-order valence-electron chi connectivity index (χ1n) is 5.87. The minimum absolute atomic E-state index is 0.355. The van der Waals surface area contributed by atoms with Crippen molar-refractivity contribution >= 4 is 51.8 Å². The molecule has 2 atom stereocenters. The van der Waals surface area contributed by atoms with Gasteiger partial charge in [-0.3, -0.25) is 0 Å². The summed E-state index contributed by atoms with van der Waals surface area (Å²) >= 11 is 10.4. The lowest BCUT2D eigenvalue weighted by Crippen LogP contribution is -2.37. The number of hydrogen-bond acceptors (Lipinski definition) is 5. The third-order valence-electron chi connectivity index (χ3n) is 3.21. The van der Waals surface area contributed by atoms with Gasteiger partial charge in [-0.15, -0.1) is 11.8 Å². The molecule has 1 fully saturated rings. The highest BCUT2D eigenvalue weighted by atomic mass is 127. The molecule has 4 nitrogen and oxygen atoms in total. The zero-order valence-electron chi connectivity index (χ0n) is 9.90. The maximum atomic E-state index is 6.07. The number of ether oxygens (including phenoxy) is 1. The summed E-state index contributed by atoms with van der Waals surface area (Å²) in [5.74, 6) is 1.41. The molecule has 2 unspecified atom stereocenters. The van der Waals surface area contributed by atoms with Crippen LogP contribution in [0.3, 0.4) is 0 Å². The number of halogens is 2. The monoisotopic (exact) mass is 397 g/mol. The molecule has 0 bridgehead atoms. The van der Waals surface area contributed by atoms with E-state index in [1.807, 2.05) is 11.8 Å². The van der Waals surface area contributed by atoms with Gasteiger partial charge in [-0.1, -0.05) is 29.5 Å². The van der Waals surface area contributed by atoms with Crippen molar-refractivity contribution in [3.8, 4) is 0 Å². The lowest BCUT2D eigenvalue weighted by molar-refractivity contribution is 0.122. The molecular weight excluding hydrogens is 385 g/mol. The fraction of sp³-hybridized carbons (Fsp3) is 0.636. The third-order valence-corrected chi connectivity index (χ3v) is 6.48. The van der Waals surface area contributed by atoms with Crippen molar-refractivity contribution < 1.29 is 4.74 Å². The van der Waals surface area contributed by atoms with Crippen molar-refractivity contribution in [3.05, 3.63) is 11.0 Å². The summed E-state index contributed by atoms with van der Waals surface area (Å²) in [5, 5.41) is 0.355. The lowest BCUT2D eigenvalue weighted by Gasteiger charge is -2.29. The third kappa shape index (κ3) is 2.32. The molecule has 0 amide bonds. The van der Waals surface area contributed by atoms with Crippen LogP contribution in [0.15, 0.2) is 4.90 Å². The van der Waals surface area contributed by atoms with Gasteiger partial charge in [0.15, 0.2) is 0 Å². The van der Waals surface area contributed by atoms with E-state index in [0.29, 0.717) is 14.5 Å². The van der Waals surface area contributed by atoms with Crippen molar-refractivity contribution in [1.82, 2.24) is 9.97 Å². The van der Waals surface area contributed by atoms with E-state index < -0.39 is 0 Å². The first-order chi connectivity index (χ1) is 8.66. The molecule has 3 rings (SSSR count). The van der Waals surface area contributed by atoms with E-state index >= 15 is 0 Å². The van der Waals surface area contributed by atoms with E-state index in [1.54, 1.807) is 0 Å². The number of nitrogens with zero attached hydrogens (tertiary/aromatic N) is 3. The molecule has 98 valence electrons. The molecule has 0 aliphatic carbocycles. The normalized spacial score (nSPS) is 27.4. The number of fused-ring (bicyclic) bond motifs is 1. The number of morpholine rings is 1. The van der Waals surface area contributed by atoms with E-state index in [-0.39, 0.29) is 0 Å². The van der Waals surface area contributed by atoms with Gasteiger partial charge in [0.25, 0.3) is 0 Å². The van der Waals surface area contributed by atoms with Gasteiger partial charge in [-0.2, -0.15) is 4.98 Å².